The second-order valence-electron chi connectivity index (χ2n) is 35.9. The van der Waals surface area contributed by atoms with Gasteiger partial charge in [-0.15, -0.1) is 0 Å². The van der Waals surface area contributed by atoms with Crippen LogP contribution in [0.4, 0.5) is 39.5 Å². The van der Waals surface area contributed by atoms with E-state index in [4.69, 9.17) is 24.1 Å². The first-order valence-electron chi connectivity index (χ1n) is 40.8. The Bertz CT molecular complexity index is 3000. The summed E-state index contributed by atoms with van der Waals surface area (Å²) in [7, 11) is 0. The van der Waals surface area contributed by atoms with Gasteiger partial charge in [0.1, 0.15) is 12.2 Å². The molecule has 0 radical (unpaired) electrons. The van der Waals surface area contributed by atoms with Crippen molar-refractivity contribution < 1.29 is 107 Å². The van der Waals surface area contributed by atoms with Crippen molar-refractivity contribution in [2.45, 2.75) is 382 Å². The van der Waals surface area contributed by atoms with Crippen LogP contribution in [0.1, 0.15) is 351 Å². The molecule has 0 amide bonds. The Morgan fingerprint density at radius 1 is 0.473 bits per heavy atom. The Labute approximate surface area is 668 Å². The number of benzene rings is 2. The Kier molecular flexibility index (Phi) is 45.1. The van der Waals surface area contributed by atoms with Gasteiger partial charge in [0.05, 0.1) is 40.3 Å². The normalized spacial score (nSPS) is 18.9. The molecular weight excluding hydrogens is 1460 g/mol. The number of carbonyl (C=O) groups is 7. The van der Waals surface area contributed by atoms with Crippen molar-refractivity contribution in [3.05, 3.63) is 70.8 Å². The zero-order valence-corrected chi connectivity index (χ0v) is 74.0. The highest BCUT2D eigenvalue weighted by Crippen LogP contribution is 2.63. The number of fused-ring (bicyclic) bond motifs is 1. The minimum atomic E-state index is -5.89. The minimum absolute atomic E-state index is 0.0510. The van der Waals surface area contributed by atoms with Gasteiger partial charge in [0.2, 0.25) is 0 Å². The number of unbranched alkanes of at least 4 members (excludes halogenated alkanes) is 2. The summed E-state index contributed by atoms with van der Waals surface area (Å²) >= 11 is 0. The molecule has 1 aliphatic heterocycles. The predicted molar refractivity (Wildman–Crippen MR) is 426 cm³/mol. The monoisotopic (exact) mass is 1610 g/mol. The van der Waals surface area contributed by atoms with Crippen LogP contribution in [0.3, 0.4) is 0 Å². The number of hydrogen-bond acceptors (Lipinski definition) is 13. The fourth-order valence-electron chi connectivity index (χ4n) is 11.0. The van der Waals surface area contributed by atoms with Gasteiger partial charge < -0.3 is 33.5 Å². The van der Waals surface area contributed by atoms with Crippen LogP contribution in [0, 0.1) is 56.2 Å². The molecular formula is C89H147F9O14. The Morgan fingerprint density at radius 3 is 1.09 bits per heavy atom. The topological polar surface area (TPSA) is 195 Å². The predicted octanol–water partition coefficient (Wildman–Crippen LogP) is 25.1. The second-order valence-corrected chi connectivity index (χ2v) is 35.9. The molecule has 14 nitrogen and oxygen atoms in total. The van der Waals surface area contributed by atoms with E-state index in [2.05, 4.69) is 155 Å². The molecule has 2 aromatic carbocycles. The van der Waals surface area contributed by atoms with Gasteiger partial charge in [-0.05, 0) is 204 Å². The van der Waals surface area contributed by atoms with Gasteiger partial charge in [-0.3, -0.25) is 33.6 Å². The van der Waals surface area contributed by atoms with Gasteiger partial charge in [-0.1, -0.05) is 219 Å². The average molecular weight is 1610 g/mol. The van der Waals surface area contributed by atoms with Gasteiger partial charge >= 0.3 is 60.3 Å². The third kappa shape index (κ3) is 34.9. The van der Waals surface area contributed by atoms with E-state index in [0.717, 1.165) is 32.6 Å². The fourth-order valence-corrected chi connectivity index (χ4v) is 11.0. The number of carboxylic acid groups (broad SMARTS) is 1. The molecule has 2 bridgehead atoms. The summed E-state index contributed by atoms with van der Waals surface area (Å²) in [5.41, 5.74) is 1.14. The Hall–Kier alpha value is -5.90. The molecule has 2 aliphatic carbocycles. The van der Waals surface area contributed by atoms with E-state index in [-0.39, 0.29) is 40.0 Å². The molecule has 112 heavy (non-hydrogen) atoms. The largest absolute Gasteiger partial charge is 0.481 e. The van der Waals surface area contributed by atoms with E-state index in [1.54, 1.807) is 55.4 Å². The second kappa shape index (κ2) is 46.7. The van der Waals surface area contributed by atoms with Crippen molar-refractivity contribution in [1.29, 1.82) is 0 Å². The zero-order chi connectivity index (χ0) is 88.0. The molecule has 650 valence electrons. The van der Waals surface area contributed by atoms with Crippen molar-refractivity contribution >= 4 is 41.8 Å². The van der Waals surface area contributed by atoms with E-state index in [0.29, 0.717) is 56.1 Å². The van der Waals surface area contributed by atoms with Crippen LogP contribution in [-0.2, 0) is 72.8 Å². The number of hydrogen-bond donors (Lipinski definition) is 1. The van der Waals surface area contributed by atoms with Gasteiger partial charge in [0, 0.05) is 11.8 Å². The van der Waals surface area contributed by atoms with Crippen LogP contribution in [-0.4, -0.2) is 103 Å². The van der Waals surface area contributed by atoms with Crippen molar-refractivity contribution in [3.63, 3.8) is 0 Å². The van der Waals surface area contributed by atoms with E-state index in [9.17, 15) is 73.1 Å². The quantitative estimate of drug-likeness (QED) is 0.0336. The van der Waals surface area contributed by atoms with Crippen LogP contribution < -0.4 is 0 Å². The Morgan fingerprint density at radius 2 is 0.812 bits per heavy atom. The summed E-state index contributed by atoms with van der Waals surface area (Å²) in [4.78, 5) is 82.2. The molecule has 2 aromatic rings. The summed E-state index contributed by atoms with van der Waals surface area (Å²) in [5.74, 6) is -4.58. The highest BCUT2D eigenvalue weighted by molar-refractivity contribution is 6.03. The zero-order valence-electron chi connectivity index (χ0n) is 74.0. The van der Waals surface area contributed by atoms with E-state index in [1.165, 1.54) is 73.6 Å². The maximum absolute atomic E-state index is 12.8. The summed E-state index contributed by atoms with van der Waals surface area (Å²) in [6.45, 7) is 60.3. The van der Waals surface area contributed by atoms with Crippen LogP contribution >= 0.6 is 0 Å². The number of ether oxygens (including phenoxy) is 6. The van der Waals surface area contributed by atoms with Gasteiger partial charge in [-0.25, -0.2) is 0 Å². The number of aliphatic carboxylic acids is 1. The number of carboxylic acids is 1. The van der Waals surface area contributed by atoms with E-state index in [1.807, 2.05) is 48.5 Å². The van der Waals surface area contributed by atoms with Crippen LogP contribution in [0.5, 0.6) is 0 Å². The standard InChI is InChI=1S/C18H20F6O6.2C14H28O2.2C14H22.C9H15F3O2.C6H12O2/c1-4-15(2,3)12(25)28-9-7-5-8-10(9)29-13(26)16(8,6-7)14(27)30-11(17(19,20)21)18(22,23)24;2*1-6-9-10-12(7-2)11-16-13(15)14(4,5)8-3;2*1-6-11(2)12-7-9-13(10-8-12)14(3,4)5;1-5-8(3,4)7(13)14-6(2)9(10,11)12;1-4-6(2,3)5(7)8/h7-11H,4-6H2,1-3H3;2*12H,6-11H2,1-5H3;2*7-11H,6H2,1-5H3;6H,5H2,1-4H3;4H2,1-3H3,(H,7,8). The molecule has 2 saturated carbocycles. The molecule has 1 heterocycles. The average Bonchev–Trinajstić information content (AvgIpc) is 1.53. The molecule has 1 N–H and O–H groups in total. The van der Waals surface area contributed by atoms with Crippen molar-refractivity contribution in [1.82, 2.24) is 0 Å². The third-order valence-electron chi connectivity index (χ3n) is 22.8. The molecule has 23 heteroatoms. The number of carbonyl (C=O) groups excluding carboxylic acids is 6. The molecule has 3 aliphatic rings. The molecule has 10 atom stereocenters. The molecule has 0 aromatic heterocycles. The summed E-state index contributed by atoms with van der Waals surface area (Å²) < 4.78 is 142. The van der Waals surface area contributed by atoms with Gasteiger partial charge in [0.25, 0.3) is 6.10 Å². The number of alkyl halides is 9. The molecule has 10 unspecified atom stereocenters. The fraction of sp³-hybridized carbons (Fsp3) is 0.787. The van der Waals surface area contributed by atoms with Crippen molar-refractivity contribution in [2.24, 2.45) is 56.2 Å². The van der Waals surface area contributed by atoms with Crippen LogP contribution in [0.15, 0.2) is 48.5 Å². The van der Waals surface area contributed by atoms with Gasteiger partial charge in [0.15, 0.2) is 11.5 Å². The highest BCUT2D eigenvalue weighted by atomic mass is 19.4. The number of rotatable bonds is 30. The first-order chi connectivity index (χ1) is 51.0. The maximum atomic E-state index is 12.8. The maximum Gasteiger partial charge on any atom is 0.434 e. The molecule has 0 spiro atoms. The van der Waals surface area contributed by atoms with Crippen molar-refractivity contribution in [2.75, 3.05) is 13.2 Å². The first-order valence-corrected chi connectivity index (χ1v) is 40.8. The highest BCUT2D eigenvalue weighted by Gasteiger charge is 2.76. The lowest BCUT2D eigenvalue weighted by Crippen LogP contribution is -2.51. The first kappa shape index (κ1) is 108. The van der Waals surface area contributed by atoms with Crippen LogP contribution in [0.2, 0.25) is 0 Å². The van der Waals surface area contributed by atoms with E-state index >= 15 is 0 Å². The number of esters is 6. The molecule has 1 saturated heterocycles. The smallest absolute Gasteiger partial charge is 0.434 e. The summed E-state index contributed by atoms with van der Waals surface area (Å²) in [6, 6.07) is 18.2. The minimum Gasteiger partial charge on any atom is -0.481 e. The van der Waals surface area contributed by atoms with Crippen molar-refractivity contribution in [3.8, 4) is 0 Å². The Balaban J connectivity index is 0. The van der Waals surface area contributed by atoms with E-state index < -0.39 is 113 Å². The molecule has 3 fully saturated rings. The molecule has 5 rings (SSSR count). The van der Waals surface area contributed by atoms with Gasteiger partial charge in [-0.2, -0.15) is 39.5 Å². The SMILES string of the molecule is CCC(C)(C)C(=O)O.CCC(C)(C)C(=O)OC(C)C(F)(F)F.CCC(C)(C)C(=O)OC1C2CC3C1OC(=O)C3(C(=O)OC(C(F)(F)F)C(F)(F)F)C2.CCC(C)c1ccc(C(C)(C)C)cc1.CCC(C)c1ccc(C(C)(C)C)cc1.CCCCC(CC)COC(=O)C(C)(C)CC.CCCCC(CC)COC(=O)C(C)(C)CC. The summed E-state index contributed by atoms with van der Waals surface area (Å²) in [5, 5.41) is 8.44. The third-order valence-corrected chi connectivity index (χ3v) is 22.8. The lowest BCUT2D eigenvalue weighted by Gasteiger charge is -2.33. The summed E-state index contributed by atoms with van der Waals surface area (Å²) in [6.07, 6.45) is -9.93. The lowest BCUT2D eigenvalue weighted by molar-refractivity contribution is -0.315. The lowest BCUT2D eigenvalue weighted by atomic mass is 9.73. The number of halogens is 9. The van der Waals surface area contributed by atoms with Crippen LogP contribution in [0.25, 0.3) is 0 Å².